The Morgan fingerprint density at radius 2 is 2.38 bits per heavy atom. The molecule has 112 valence electrons. The molecule has 1 fully saturated rings. The molecule has 0 spiro atoms. The number of methoxy groups -OCH3 is 1. The lowest BCUT2D eigenvalue weighted by molar-refractivity contribution is -0.122. The van der Waals surface area contributed by atoms with Gasteiger partial charge in [-0.25, -0.2) is 0 Å². The third kappa shape index (κ3) is 3.36. The Kier molecular flexibility index (Phi) is 4.10. The molecule has 2 aromatic rings. The van der Waals surface area contributed by atoms with E-state index in [0.717, 1.165) is 35.4 Å². The van der Waals surface area contributed by atoms with E-state index in [1.165, 1.54) is 0 Å². The Labute approximate surface area is 123 Å². The summed E-state index contributed by atoms with van der Waals surface area (Å²) in [5.74, 6) is 1.29. The molecule has 2 N–H and O–H groups in total. The third-order valence-electron chi connectivity index (χ3n) is 3.86. The molecule has 1 atom stereocenters. The van der Waals surface area contributed by atoms with Crippen LogP contribution in [0.2, 0.25) is 0 Å². The molecule has 0 saturated carbocycles. The number of hydrogen-bond acceptors (Lipinski definition) is 3. The van der Waals surface area contributed by atoms with Gasteiger partial charge in [0.2, 0.25) is 5.91 Å². The van der Waals surface area contributed by atoms with Gasteiger partial charge in [0.05, 0.1) is 13.7 Å². The summed E-state index contributed by atoms with van der Waals surface area (Å²) in [6, 6.07) is 7.92. The number of ether oxygens (including phenoxy) is 2. The zero-order chi connectivity index (χ0) is 14.7. The van der Waals surface area contributed by atoms with Crippen molar-refractivity contribution in [2.24, 2.45) is 5.92 Å². The summed E-state index contributed by atoms with van der Waals surface area (Å²) in [6.45, 7) is 2.00. The van der Waals surface area contributed by atoms with E-state index in [0.29, 0.717) is 25.5 Å². The van der Waals surface area contributed by atoms with E-state index in [1.807, 2.05) is 24.3 Å². The van der Waals surface area contributed by atoms with Gasteiger partial charge in [0.25, 0.3) is 0 Å². The molecule has 21 heavy (non-hydrogen) atoms. The van der Waals surface area contributed by atoms with Crippen molar-refractivity contribution in [2.45, 2.75) is 19.4 Å². The van der Waals surface area contributed by atoms with E-state index >= 15 is 0 Å². The van der Waals surface area contributed by atoms with Gasteiger partial charge in [0, 0.05) is 36.2 Å². The van der Waals surface area contributed by atoms with E-state index < -0.39 is 0 Å². The molecule has 0 radical (unpaired) electrons. The van der Waals surface area contributed by atoms with Crippen molar-refractivity contribution >= 4 is 16.8 Å². The van der Waals surface area contributed by atoms with E-state index in [-0.39, 0.29) is 5.91 Å². The number of hydrogen-bond donors (Lipinski definition) is 2. The van der Waals surface area contributed by atoms with Crippen LogP contribution in [0.5, 0.6) is 5.75 Å². The van der Waals surface area contributed by atoms with Crippen LogP contribution >= 0.6 is 0 Å². The molecule has 1 aromatic heterocycles. The minimum Gasteiger partial charge on any atom is -0.497 e. The lowest BCUT2D eigenvalue weighted by Crippen LogP contribution is -2.25. The summed E-state index contributed by atoms with van der Waals surface area (Å²) in [4.78, 5) is 15.2. The maximum absolute atomic E-state index is 11.9. The average molecular weight is 288 g/mol. The second-order valence-electron chi connectivity index (χ2n) is 5.46. The number of aromatic nitrogens is 1. The number of aromatic amines is 1. The van der Waals surface area contributed by atoms with Crippen molar-refractivity contribution in [3.8, 4) is 5.75 Å². The standard InChI is InChI=1S/C16H20N2O3/c1-20-14-2-3-15-12(8-14)7-13(18-15)9-17-16(19)6-11-4-5-21-10-11/h2-3,7-8,11,18H,4-6,9-10H2,1H3,(H,17,19)/t11-/m1/s1. The van der Waals surface area contributed by atoms with Crippen LogP contribution in [0.1, 0.15) is 18.5 Å². The van der Waals surface area contributed by atoms with Gasteiger partial charge in [0.15, 0.2) is 0 Å². The first-order valence-corrected chi connectivity index (χ1v) is 7.24. The first-order valence-electron chi connectivity index (χ1n) is 7.24. The van der Waals surface area contributed by atoms with Crippen LogP contribution in [-0.2, 0) is 16.1 Å². The first-order chi connectivity index (χ1) is 10.2. The van der Waals surface area contributed by atoms with Gasteiger partial charge >= 0.3 is 0 Å². The van der Waals surface area contributed by atoms with E-state index in [4.69, 9.17) is 9.47 Å². The summed E-state index contributed by atoms with van der Waals surface area (Å²) in [7, 11) is 1.65. The van der Waals surface area contributed by atoms with Gasteiger partial charge in [-0.05, 0) is 36.6 Å². The second-order valence-corrected chi connectivity index (χ2v) is 5.46. The number of carbonyl (C=O) groups is 1. The van der Waals surface area contributed by atoms with Crippen molar-refractivity contribution in [2.75, 3.05) is 20.3 Å². The molecule has 2 heterocycles. The summed E-state index contributed by atoms with van der Waals surface area (Å²) in [5, 5.41) is 4.04. The number of benzene rings is 1. The summed E-state index contributed by atoms with van der Waals surface area (Å²) in [6.07, 6.45) is 1.54. The fourth-order valence-electron chi connectivity index (χ4n) is 2.67. The van der Waals surface area contributed by atoms with Crippen LogP contribution in [0.15, 0.2) is 24.3 Å². The van der Waals surface area contributed by atoms with Gasteiger partial charge in [-0.2, -0.15) is 0 Å². The van der Waals surface area contributed by atoms with Crippen LogP contribution in [0.25, 0.3) is 10.9 Å². The summed E-state index contributed by atoms with van der Waals surface area (Å²) < 4.78 is 10.5. The Morgan fingerprint density at radius 3 is 3.14 bits per heavy atom. The Morgan fingerprint density at radius 1 is 1.48 bits per heavy atom. The van der Waals surface area contributed by atoms with Gasteiger partial charge in [-0.15, -0.1) is 0 Å². The Hall–Kier alpha value is -2.01. The van der Waals surface area contributed by atoms with E-state index in [2.05, 4.69) is 10.3 Å². The zero-order valence-corrected chi connectivity index (χ0v) is 12.1. The number of nitrogens with one attached hydrogen (secondary N) is 2. The lowest BCUT2D eigenvalue weighted by Gasteiger charge is -2.07. The highest BCUT2D eigenvalue weighted by atomic mass is 16.5. The molecule has 1 aliphatic heterocycles. The highest BCUT2D eigenvalue weighted by Crippen LogP contribution is 2.21. The molecule has 1 saturated heterocycles. The van der Waals surface area contributed by atoms with E-state index in [1.54, 1.807) is 7.11 Å². The van der Waals surface area contributed by atoms with Gasteiger partial charge in [-0.1, -0.05) is 0 Å². The smallest absolute Gasteiger partial charge is 0.220 e. The maximum atomic E-state index is 11.9. The van der Waals surface area contributed by atoms with Crippen LogP contribution in [-0.4, -0.2) is 31.2 Å². The third-order valence-corrected chi connectivity index (χ3v) is 3.86. The van der Waals surface area contributed by atoms with Crippen LogP contribution < -0.4 is 10.1 Å². The molecule has 1 aromatic carbocycles. The monoisotopic (exact) mass is 288 g/mol. The van der Waals surface area contributed by atoms with Crippen molar-refractivity contribution in [1.82, 2.24) is 10.3 Å². The van der Waals surface area contributed by atoms with Gasteiger partial charge in [-0.3, -0.25) is 4.79 Å². The van der Waals surface area contributed by atoms with Crippen LogP contribution in [0.4, 0.5) is 0 Å². The highest BCUT2D eigenvalue weighted by molar-refractivity contribution is 5.82. The molecule has 0 aliphatic carbocycles. The molecule has 1 amide bonds. The predicted octanol–water partition coefficient (Wildman–Crippen LogP) is 2.22. The first kappa shape index (κ1) is 13.9. The maximum Gasteiger partial charge on any atom is 0.220 e. The SMILES string of the molecule is COc1ccc2[nH]c(CNC(=O)C[C@H]3CCOC3)cc2c1. The minimum absolute atomic E-state index is 0.0849. The normalized spacial score (nSPS) is 18.0. The Balaban J connectivity index is 1.58. The second kappa shape index (κ2) is 6.18. The summed E-state index contributed by atoms with van der Waals surface area (Å²) in [5.41, 5.74) is 2.04. The fourth-order valence-corrected chi connectivity index (χ4v) is 2.67. The van der Waals surface area contributed by atoms with Crippen molar-refractivity contribution in [1.29, 1.82) is 0 Å². The van der Waals surface area contributed by atoms with Crippen molar-refractivity contribution < 1.29 is 14.3 Å². The quantitative estimate of drug-likeness (QED) is 0.886. The number of amides is 1. The minimum atomic E-state index is 0.0849. The predicted molar refractivity (Wildman–Crippen MR) is 80.2 cm³/mol. The molecular formula is C16H20N2O3. The van der Waals surface area contributed by atoms with Crippen molar-refractivity contribution in [3.63, 3.8) is 0 Å². The Bertz CT molecular complexity index is 629. The number of fused-ring (bicyclic) bond motifs is 1. The number of carbonyl (C=O) groups excluding carboxylic acids is 1. The van der Waals surface area contributed by atoms with Gasteiger partial charge < -0.3 is 19.8 Å². The molecule has 5 heteroatoms. The van der Waals surface area contributed by atoms with Crippen molar-refractivity contribution in [3.05, 3.63) is 30.0 Å². The molecule has 5 nitrogen and oxygen atoms in total. The summed E-state index contributed by atoms with van der Waals surface area (Å²) >= 11 is 0. The molecule has 3 rings (SSSR count). The molecular weight excluding hydrogens is 268 g/mol. The molecule has 0 unspecified atom stereocenters. The highest BCUT2D eigenvalue weighted by Gasteiger charge is 2.18. The fraction of sp³-hybridized carbons (Fsp3) is 0.438. The van der Waals surface area contributed by atoms with Gasteiger partial charge in [0.1, 0.15) is 5.75 Å². The molecule has 0 bridgehead atoms. The number of rotatable bonds is 5. The number of H-pyrrole nitrogens is 1. The van der Waals surface area contributed by atoms with E-state index in [9.17, 15) is 4.79 Å². The average Bonchev–Trinajstić information content (AvgIpc) is 3.12. The molecule has 1 aliphatic rings. The zero-order valence-electron chi connectivity index (χ0n) is 12.1. The lowest BCUT2D eigenvalue weighted by atomic mass is 10.1. The topological polar surface area (TPSA) is 63.3 Å². The van der Waals surface area contributed by atoms with Crippen LogP contribution in [0, 0.1) is 5.92 Å². The largest absolute Gasteiger partial charge is 0.497 e. The van der Waals surface area contributed by atoms with Crippen LogP contribution in [0.3, 0.4) is 0 Å².